The second-order valence-corrected chi connectivity index (χ2v) is 12.1. The molecule has 8 heteroatoms. The van der Waals surface area contributed by atoms with Crippen LogP contribution in [-0.2, 0) is 13.1 Å². The van der Waals surface area contributed by atoms with Crippen LogP contribution in [-0.4, -0.2) is 11.6 Å². The number of fused-ring (bicyclic) bond motifs is 1. The maximum atomic E-state index is 13.5. The number of thiazole rings is 2. The first-order valence-electron chi connectivity index (χ1n) is 11.9. The summed E-state index contributed by atoms with van der Waals surface area (Å²) in [5.41, 5.74) is 5.19. The predicted molar refractivity (Wildman–Crippen MR) is 150 cm³/mol. The van der Waals surface area contributed by atoms with Crippen molar-refractivity contribution in [3.8, 4) is 0 Å². The minimum atomic E-state index is 0. The zero-order chi connectivity index (χ0) is 24.7. The second-order valence-electron chi connectivity index (χ2n) is 9.11. The van der Waals surface area contributed by atoms with E-state index in [9.17, 15) is 4.79 Å². The quantitative estimate of drug-likeness (QED) is 0.352. The molecule has 1 aliphatic heterocycles. The Morgan fingerprint density at radius 2 is 1.92 bits per heavy atom. The number of halogens is 1. The number of aryl methyl sites for hydroxylation is 1. The third kappa shape index (κ3) is 4.94. The average Bonchev–Trinajstić information content (AvgIpc) is 3.51. The minimum Gasteiger partial charge on any atom is -1.00 e. The summed E-state index contributed by atoms with van der Waals surface area (Å²) < 4.78 is 5.98. The Morgan fingerprint density at radius 1 is 1.14 bits per heavy atom. The molecule has 4 nitrogen and oxygen atoms in total. The SMILES string of the molecule is CCn1c(=O)/c(=C2\Sc3cc(C(C)C)ccc3N2C)s/c1=C\c1scc[n+]1Cc1ccccc1C.[Cl-]. The van der Waals surface area contributed by atoms with Crippen molar-refractivity contribution >= 4 is 51.2 Å². The highest BCUT2D eigenvalue weighted by molar-refractivity contribution is 8.08. The number of nitrogens with zero attached hydrogens (tertiary/aromatic N) is 3. The van der Waals surface area contributed by atoms with Gasteiger partial charge in [-0.15, -0.1) is 11.3 Å². The van der Waals surface area contributed by atoms with Crippen molar-refractivity contribution in [3.05, 3.63) is 95.3 Å². The van der Waals surface area contributed by atoms with E-state index in [1.807, 2.05) is 11.5 Å². The molecule has 4 aromatic rings. The molecule has 2 aromatic heterocycles. The highest BCUT2D eigenvalue weighted by Gasteiger charge is 2.25. The Morgan fingerprint density at radius 3 is 2.64 bits per heavy atom. The van der Waals surface area contributed by atoms with Gasteiger partial charge in [0.05, 0.1) is 17.1 Å². The highest BCUT2D eigenvalue weighted by Crippen LogP contribution is 2.46. The van der Waals surface area contributed by atoms with Gasteiger partial charge < -0.3 is 17.3 Å². The van der Waals surface area contributed by atoms with E-state index >= 15 is 0 Å². The first kappa shape index (κ1) is 26.7. The molecule has 0 atom stereocenters. The van der Waals surface area contributed by atoms with Crippen LogP contribution in [0.4, 0.5) is 5.69 Å². The van der Waals surface area contributed by atoms with E-state index in [1.54, 1.807) is 34.4 Å². The number of thioether (sulfide) groups is 1. The smallest absolute Gasteiger partial charge is 0.271 e. The van der Waals surface area contributed by atoms with Crippen LogP contribution in [0.1, 0.15) is 48.4 Å². The van der Waals surface area contributed by atoms with Crippen LogP contribution in [0.5, 0.6) is 0 Å². The molecule has 0 saturated heterocycles. The highest BCUT2D eigenvalue weighted by atomic mass is 35.5. The van der Waals surface area contributed by atoms with Crippen molar-refractivity contribution < 1.29 is 17.0 Å². The standard InChI is InChI=1S/C28H30N3OS3.ClH/c1-6-31-25(16-24-30(13-14-33-24)17-21-10-8-7-9-19(21)4)35-26(27(31)32)28-29(5)22-12-11-20(18(2)3)15-23(22)34-28;/h7-16,18H,6,17H2,1-5H3;1H/q+1;/p-1/b28-26+;. The van der Waals surface area contributed by atoms with E-state index in [2.05, 4.69) is 97.4 Å². The first-order chi connectivity index (χ1) is 16.9. The number of aromatic nitrogens is 2. The molecule has 0 N–H and O–H groups in total. The average molecular weight is 556 g/mol. The maximum absolute atomic E-state index is 13.5. The van der Waals surface area contributed by atoms with Crippen LogP contribution >= 0.6 is 34.4 Å². The minimum absolute atomic E-state index is 0. The Bertz CT molecular complexity index is 1580. The van der Waals surface area contributed by atoms with E-state index in [0.29, 0.717) is 12.5 Å². The summed E-state index contributed by atoms with van der Waals surface area (Å²) in [7, 11) is 2.07. The molecular formula is C28H30ClN3OS3. The summed E-state index contributed by atoms with van der Waals surface area (Å²) in [6.07, 6.45) is 4.30. The van der Waals surface area contributed by atoms with Gasteiger partial charge in [0.25, 0.3) is 10.6 Å². The molecule has 188 valence electrons. The summed E-state index contributed by atoms with van der Waals surface area (Å²) in [6, 6.07) is 15.2. The van der Waals surface area contributed by atoms with Crippen LogP contribution in [0.3, 0.4) is 0 Å². The van der Waals surface area contributed by atoms with Crippen molar-refractivity contribution in [1.29, 1.82) is 0 Å². The molecule has 0 saturated carbocycles. The van der Waals surface area contributed by atoms with Gasteiger partial charge in [0, 0.05) is 24.1 Å². The molecule has 0 bridgehead atoms. The lowest BCUT2D eigenvalue weighted by Gasteiger charge is -2.13. The van der Waals surface area contributed by atoms with Gasteiger partial charge in [-0.05, 0) is 43.0 Å². The topological polar surface area (TPSA) is 29.1 Å². The fourth-order valence-corrected chi connectivity index (χ4v) is 7.70. The monoisotopic (exact) mass is 555 g/mol. The summed E-state index contributed by atoms with van der Waals surface area (Å²) in [4.78, 5) is 16.9. The number of anilines is 1. The van der Waals surface area contributed by atoms with Crippen LogP contribution in [0.15, 0.2) is 63.7 Å². The largest absolute Gasteiger partial charge is 1.00 e. The first-order valence-corrected chi connectivity index (χ1v) is 14.4. The summed E-state index contributed by atoms with van der Waals surface area (Å²) in [6.45, 7) is 10.1. The van der Waals surface area contributed by atoms with Gasteiger partial charge in [0.1, 0.15) is 14.2 Å². The Kier molecular flexibility index (Phi) is 8.15. The zero-order valence-corrected chi connectivity index (χ0v) is 24.3. The lowest BCUT2D eigenvalue weighted by molar-refractivity contribution is -0.685. The summed E-state index contributed by atoms with van der Waals surface area (Å²) in [5.74, 6) is 0.479. The molecule has 0 aliphatic carbocycles. The molecule has 0 spiro atoms. The number of hydrogen-bond donors (Lipinski definition) is 0. The maximum Gasteiger partial charge on any atom is 0.271 e. The third-order valence-corrected chi connectivity index (χ3v) is 9.83. The Labute approximate surface area is 230 Å². The van der Waals surface area contributed by atoms with E-state index in [0.717, 1.165) is 25.8 Å². The molecule has 0 fully saturated rings. The molecule has 0 amide bonds. The van der Waals surface area contributed by atoms with Crippen LogP contribution in [0.2, 0.25) is 0 Å². The van der Waals surface area contributed by atoms with E-state index in [4.69, 9.17) is 0 Å². The zero-order valence-electron chi connectivity index (χ0n) is 21.1. The van der Waals surface area contributed by atoms with Crippen molar-refractivity contribution in [2.45, 2.75) is 51.6 Å². The molecule has 2 aromatic carbocycles. The molecule has 5 rings (SSSR count). The molecule has 0 radical (unpaired) electrons. The fourth-order valence-electron chi connectivity index (χ4n) is 4.34. The van der Waals surface area contributed by atoms with Crippen LogP contribution in [0.25, 0.3) is 11.1 Å². The van der Waals surface area contributed by atoms with E-state index < -0.39 is 0 Å². The fraction of sp³-hybridized carbons (Fsp3) is 0.286. The Hall–Kier alpha value is -2.32. The van der Waals surface area contributed by atoms with Crippen molar-refractivity contribution in [3.63, 3.8) is 0 Å². The van der Waals surface area contributed by atoms with Gasteiger partial charge in [-0.25, -0.2) is 0 Å². The molecule has 1 aliphatic rings. The summed E-state index contributed by atoms with van der Waals surface area (Å²) >= 11 is 5.02. The van der Waals surface area contributed by atoms with E-state index in [1.165, 1.54) is 27.3 Å². The van der Waals surface area contributed by atoms with E-state index in [-0.39, 0.29) is 18.0 Å². The van der Waals surface area contributed by atoms with Gasteiger partial charge in [-0.3, -0.25) is 9.36 Å². The molecular weight excluding hydrogens is 526 g/mol. The Balaban J connectivity index is 0.00000304. The molecule has 36 heavy (non-hydrogen) atoms. The number of benzene rings is 2. The summed E-state index contributed by atoms with van der Waals surface area (Å²) in [5, 5.41) is 4.29. The van der Waals surface area contributed by atoms with Gasteiger partial charge >= 0.3 is 0 Å². The van der Waals surface area contributed by atoms with Crippen molar-refractivity contribution in [2.75, 3.05) is 11.9 Å². The predicted octanol–water partition coefficient (Wildman–Crippen LogP) is 1.90. The van der Waals surface area contributed by atoms with Crippen LogP contribution < -0.4 is 36.6 Å². The van der Waals surface area contributed by atoms with Crippen LogP contribution in [0, 0.1) is 6.92 Å². The lowest BCUT2D eigenvalue weighted by atomic mass is 10.0. The van der Waals surface area contributed by atoms with Crippen molar-refractivity contribution in [2.24, 2.45) is 0 Å². The molecule has 0 unspecified atom stereocenters. The second kappa shape index (κ2) is 11.0. The van der Waals surface area contributed by atoms with Gasteiger partial charge in [0.15, 0.2) is 12.7 Å². The van der Waals surface area contributed by atoms with Crippen molar-refractivity contribution in [1.82, 2.24) is 4.57 Å². The molecule has 3 heterocycles. The number of hydrogen-bond acceptors (Lipinski definition) is 5. The number of rotatable bonds is 5. The van der Waals surface area contributed by atoms with Gasteiger partial charge in [-0.1, -0.05) is 67.3 Å². The lowest BCUT2D eigenvalue weighted by Crippen LogP contribution is -3.00. The van der Waals surface area contributed by atoms with Gasteiger partial charge in [-0.2, -0.15) is 4.57 Å². The normalized spacial score (nSPS) is 14.9. The third-order valence-electron chi connectivity index (χ3n) is 6.51. The van der Waals surface area contributed by atoms with Gasteiger partial charge in [0.2, 0.25) is 0 Å².